The maximum atomic E-state index is 12.2. The minimum atomic E-state index is 0.122. The van der Waals surface area contributed by atoms with Crippen LogP contribution in [0.5, 0.6) is 0 Å². The smallest absolute Gasteiger partial charge is 0.254 e. The second-order valence-electron chi connectivity index (χ2n) is 4.40. The number of hydrogen-bond donors (Lipinski definition) is 1. The number of quaternary nitrogens is 1. The topological polar surface area (TPSA) is 24.8 Å². The summed E-state index contributed by atoms with van der Waals surface area (Å²) in [5.74, 6) is 0.122. The fraction of sp³-hybridized carbons (Fsp3) is 0.462. The van der Waals surface area contributed by atoms with Crippen LogP contribution in [0, 0.1) is 0 Å². The van der Waals surface area contributed by atoms with Gasteiger partial charge in [-0.25, -0.2) is 0 Å². The quantitative estimate of drug-likeness (QED) is 0.825. The van der Waals surface area contributed by atoms with Gasteiger partial charge in [-0.3, -0.25) is 4.79 Å². The highest BCUT2D eigenvalue weighted by Crippen LogP contribution is 2.11. The van der Waals surface area contributed by atoms with Crippen LogP contribution in [-0.4, -0.2) is 43.5 Å². The Balaban J connectivity index is 1.99. The number of nitrogens with zero attached hydrogens (tertiary/aromatic N) is 1. The first-order valence-electron chi connectivity index (χ1n) is 6.09. The largest absolute Gasteiger partial charge is 0.332 e. The Hall–Kier alpha value is -1.06. The van der Waals surface area contributed by atoms with Crippen molar-refractivity contribution in [2.24, 2.45) is 0 Å². The molecule has 0 spiro atoms. The van der Waals surface area contributed by atoms with Gasteiger partial charge in [0.25, 0.3) is 5.91 Å². The van der Waals surface area contributed by atoms with E-state index in [4.69, 9.17) is 11.6 Å². The van der Waals surface area contributed by atoms with E-state index in [2.05, 4.69) is 6.92 Å². The van der Waals surface area contributed by atoms with E-state index in [1.54, 1.807) is 29.2 Å². The first-order chi connectivity index (χ1) is 8.20. The van der Waals surface area contributed by atoms with Crippen LogP contribution in [0.4, 0.5) is 0 Å². The number of hydrogen-bond acceptors (Lipinski definition) is 1. The van der Waals surface area contributed by atoms with Gasteiger partial charge < -0.3 is 9.80 Å². The van der Waals surface area contributed by atoms with Crippen LogP contribution in [0.25, 0.3) is 0 Å². The normalized spacial score (nSPS) is 17.2. The standard InChI is InChI=1S/C13H17ClN2O/c1-2-15-7-9-16(10-8-15)13(17)11-3-5-12(14)6-4-11/h3-6H,2,7-10H2,1H3/p+1. The second-order valence-corrected chi connectivity index (χ2v) is 4.84. The lowest BCUT2D eigenvalue weighted by molar-refractivity contribution is -0.902. The molecule has 0 saturated carbocycles. The average Bonchev–Trinajstić information content (AvgIpc) is 2.39. The van der Waals surface area contributed by atoms with E-state index in [-0.39, 0.29) is 5.91 Å². The van der Waals surface area contributed by atoms with Crippen molar-refractivity contribution in [3.63, 3.8) is 0 Å². The van der Waals surface area contributed by atoms with E-state index in [0.29, 0.717) is 5.02 Å². The van der Waals surface area contributed by atoms with Crippen LogP contribution in [-0.2, 0) is 0 Å². The number of amides is 1. The van der Waals surface area contributed by atoms with E-state index in [9.17, 15) is 4.79 Å². The lowest BCUT2D eigenvalue weighted by atomic mass is 10.2. The van der Waals surface area contributed by atoms with Gasteiger partial charge in [-0.15, -0.1) is 0 Å². The van der Waals surface area contributed by atoms with Gasteiger partial charge in [-0.2, -0.15) is 0 Å². The first kappa shape index (κ1) is 12.4. The van der Waals surface area contributed by atoms with Gasteiger partial charge in [-0.1, -0.05) is 11.6 Å². The summed E-state index contributed by atoms with van der Waals surface area (Å²) < 4.78 is 0. The number of piperazine rings is 1. The molecule has 17 heavy (non-hydrogen) atoms. The molecule has 0 atom stereocenters. The van der Waals surface area contributed by atoms with Crippen molar-refractivity contribution < 1.29 is 9.69 Å². The van der Waals surface area contributed by atoms with Gasteiger partial charge in [0.15, 0.2) is 0 Å². The molecule has 0 aliphatic carbocycles. The van der Waals surface area contributed by atoms with Crippen LogP contribution in [0.15, 0.2) is 24.3 Å². The molecule has 1 amide bonds. The fourth-order valence-corrected chi connectivity index (χ4v) is 2.28. The Bertz CT molecular complexity index is 383. The summed E-state index contributed by atoms with van der Waals surface area (Å²) in [4.78, 5) is 15.7. The summed E-state index contributed by atoms with van der Waals surface area (Å²) in [5.41, 5.74) is 0.731. The van der Waals surface area contributed by atoms with Crippen molar-refractivity contribution in [2.75, 3.05) is 32.7 Å². The van der Waals surface area contributed by atoms with Crippen LogP contribution in [0.3, 0.4) is 0 Å². The number of benzene rings is 1. The molecule has 1 aliphatic heterocycles. The Labute approximate surface area is 107 Å². The molecule has 1 aromatic carbocycles. The highest BCUT2D eigenvalue weighted by Gasteiger charge is 2.23. The molecular formula is C13H18ClN2O+. The maximum Gasteiger partial charge on any atom is 0.254 e. The second kappa shape index (κ2) is 5.52. The third kappa shape index (κ3) is 2.99. The predicted molar refractivity (Wildman–Crippen MR) is 68.6 cm³/mol. The van der Waals surface area contributed by atoms with Crippen molar-refractivity contribution in [3.05, 3.63) is 34.9 Å². The summed E-state index contributed by atoms with van der Waals surface area (Å²) >= 11 is 5.81. The first-order valence-corrected chi connectivity index (χ1v) is 6.47. The number of nitrogens with one attached hydrogen (secondary N) is 1. The lowest BCUT2D eigenvalue weighted by Gasteiger charge is -2.31. The number of rotatable bonds is 2. The molecule has 0 aromatic heterocycles. The van der Waals surface area contributed by atoms with E-state index in [0.717, 1.165) is 38.3 Å². The number of halogens is 1. The lowest BCUT2D eigenvalue weighted by Crippen LogP contribution is -3.14. The molecule has 92 valence electrons. The molecule has 0 radical (unpaired) electrons. The summed E-state index contributed by atoms with van der Waals surface area (Å²) in [5, 5.41) is 0.668. The molecule has 1 aromatic rings. The molecular weight excluding hydrogens is 236 g/mol. The van der Waals surface area contributed by atoms with Crippen LogP contribution >= 0.6 is 11.6 Å². The van der Waals surface area contributed by atoms with Crippen molar-refractivity contribution in [1.29, 1.82) is 0 Å². The van der Waals surface area contributed by atoms with Crippen LogP contribution < -0.4 is 4.90 Å². The third-order valence-corrected chi connectivity index (χ3v) is 3.60. The molecule has 4 heteroatoms. The van der Waals surface area contributed by atoms with E-state index in [1.807, 2.05) is 4.90 Å². The summed E-state index contributed by atoms with van der Waals surface area (Å²) in [6, 6.07) is 7.12. The summed E-state index contributed by atoms with van der Waals surface area (Å²) in [7, 11) is 0. The van der Waals surface area contributed by atoms with Gasteiger partial charge in [0.05, 0.1) is 32.7 Å². The Morgan fingerprint density at radius 2 is 1.88 bits per heavy atom. The van der Waals surface area contributed by atoms with Gasteiger partial charge in [0.1, 0.15) is 0 Å². The van der Waals surface area contributed by atoms with Crippen LogP contribution in [0.1, 0.15) is 17.3 Å². The van der Waals surface area contributed by atoms with Crippen molar-refractivity contribution in [3.8, 4) is 0 Å². The molecule has 1 fully saturated rings. The van der Waals surface area contributed by atoms with Crippen molar-refractivity contribution in [1.82, 2.24) is 4.90 Å². The highest BCUT2D eigenvalue weighted by molar-refractivity contribution is 6.30. The molecule has 2 rings (SSSR count). The zero-order chi connectivity index (χ0) is 12.3. The van der Waals surface area contributed by atoms with E-state index in [1.165, 1.54) is 0 Å². The molecule has 3 nitrogen and oxygen atoms in total. The zero-order valence-electron chi connectivity index (χ0n) is 10.1. The minimum Gasteiger partial charge on any atom is -0.332 e. The maximum absolute atomic E-state index is 12.2. The number of likely N-dealkylation sites (N-methyl/N-ethyl adjacent to an activating group) is 1. The Morgan fingerprint density at radius 3 is 2.41 bits per heavy atom. The number of carbonyl (C=O) groups is 1. The predicted octanol–water partition coefficient (Wildman–Crippen LogP) is 0.701. The van der Waals surface area contributed by atoms with Crippen LogP contribution in [0.2, 0.25) is 5.02 Å². The zero-order valence-corrected chi connectivity index (χ0v) is 10.8. The van der Waals surface area contributed by atoms with E-state index >= 15 is 0 Å². The minimum absolute atomic E-state index is 0.122. The summed E-state index contributed by atoms with van der Waals surface area (Å²) in [6.07, 6.45) is 0. The Morgan fingerprint density at radius 1 is 1.29 bits per heavy atom. The molecule has 1 N–H and O–H groups in total. The average molecular weight is 254 g/mol. The molecule has 1 aliphatic rings. The molecule has 0 unspecified atom stereocenters. The van der Waals surface area contributed by atoms with Gasteiger partial charge in [-0.05, 0) is 31.2 Å². The van der Waals surface area contributed by atoms with Gasteiger partial charge in [0.2, 0.25) is 0 Å². The van der Waals surface area contributed by atoms with Crippen molar-refractivity contribution >= 4 is 17.5 Å². The SMILES string of the molecule is CC[NH+]1CCN(C(=O)c2ccc(Cl)cc2)CC1. The van der Waals surface area contributed by atoms with Gasteiger partial charge >= 0.3 is 0 Å². The van der Waals surface area contributed by atoms with E-state index < -0.39 is 0 Å². The Kier molecular flexibility index (Phi) is 4.02. The molecule has 1 saturated heterocycles. The summed E-state index contributed by atoms with van der Waals surface area (Å²) in [6.45, 7) is 7.13. The van der Waals surface area contributed by atoms with Gasteiger partial charge in [0, 0.05) is 10.6 Å². The third-order valence-electron chi connectivity index (χ3n) is 3.35. The highest BCUT2D eigenvalue weighted by atomic mass is 35.5. The molecule has 1 heterocycles. The molecule has 0 bridgehead atoms. The van der Waals surface area contributed by atoms with Crippen molar-refractivity contribution in [2.45, 2.75) is 6.92 Å². The monoisotopic (exact) mass is 253 g/mol. The number of carbonyl (C=O) groups excluding carboxylic acids is 1. The fourth-order valence-electron chi connectivity index (χ4n) is 2.15.